The van der Waals surface area contributed by atoms with Gasteiger partial charge in [-0.3, -0.25) is 5.10 Å². The lowest BCUT2D eigenvalue weighted by molar-refractivity contribution is 0.348. The third kappa shape index (κ3) is 2.57. The zero-order valence-corrected chi connectivity index (χ0v) is 11.8. The number of sulfonamides is 1. The number of rotatable bonds is 3. The van der Waals surface area contributed by atoms with Crippen molar-refractivity contribution in [1.82, 2.24) is 20.2 Å². The summed E-state index contributed by atoms with van der Waals surface area (Å²) in [6.45, 7) is 6.36. The number of H-pyrrole nitrogens is 1. The predicted octanol–water partition coefficient (Wildman–Crippen LogP) is 0.445. The van der Waals surface area contributed by atoms with Gasteiger partial charge in [0.1, 0.15) is 4.90 Å². The monoisotopic (exact) mass is 272 g/mol. The molecular formula is C11H20N4O2S. The van der Waals surface area contributed by atoms with Crippen LogP contribution >= 0.6 is 0 Å². The Balaban J connectivity index is 2.22. The van der Waals surface area contributed by atoms with Gasteiger partial charge in [-0.25, -0.2) is 13.1 Å². The van der Waals surface area contributed by atoms with Crippen molar-refractivity contribution >= 4 is 10.0 Å². The number of piperidine rings is 1. The van der Waals surface area contributed by atoms with E-state index in [-0.39, 0.29) is 17.0 Å². The molecule has 0 unspecified atom stereocenters. The Bertz CT molecular complexity index is 504. The number of aromatic nitrogens is 2. The van der Waals surface area contributed by atoms with E-state index in [1.54, 1.807) is 13.8 Å². The first-order chi connectivity index (χ1) is 8.42. The summed E-state index contributed by atoms with van der Waals surface area (Å²) in [7, 11) is -3.49. The van der Waals surface area contributed by atoms with Gasteiger partial charge in [-0.05, 0) is 40.2 Å². The highest BCUT2D eigenvalue weighted by Crippen LogP contribution is 2.19. The topological polar surface area (TPSA) is 86.9 Å². The van der Waals surface area contributed by atoms with Crippen LogP contribution in [0.15, 0.2) is 4.90 Å². The molecule has 0 bridgehead atoms. The number of nitrogens with one attached hydrogen (secondary N) is 3. The largest absolute Gasteiger partial charge is 0.313 e. The van der Waals surface area contributed by atoms with E-state index in [0.717, 1.165) is 19.4 Å². The molecule has 3 N–H and O–H groups in total. The minimum absolute atomic E-state index is 0.0579. The van der Waals surface area contributed by atoms with Gasteiger partial charge in [0.15, 0.2) is 0 Å². The van der Waals surface area contributed by atoms with Crippen LogP contribution in [0.1, 0.15) is 31.2 Å². The molecule has 7 heteroatoms. The molecule has 1 aliphatic heterocycles. The van der Waals surface area contributed by atoms with Crippen molar-refractivity contribution in [2.45, 2.75) is 50.6 Å². The maximum Gasteiger partial charge on any atom is 0.244 e. The van der Waals surface area contributed by atoms with Crippen molar-refractivity contribution in [2.75, 3.05) is 6.54 Å². The molecule has 18 heavy (non-hydrogen) atoms. The molecule has 0 aromatic carbocycles. The van der Waals surface area contributed by atoms with Crippen molar-refractivity contribution in [1.29, 1.82) is 0 Å². The highest BCUT2D eigenvalue weighted by atomic mass is 32.2. The van der Waals surface area contributed by atoms with Gasteiger partial charge in [0.05, 0.1) is 11.4 Å². The van der Waals surface area contributed by atoms with Crippen molar-refractivity contribution in [3.8, 4) is 0 Å². The van der Waals surface area contributed by atoms with Crippen molar-refractivity contribution in [3.63, 3.8) is 0 Å². The fourth-order valence-electron chi connectivity index (χ4n) is 2.40. The summed E-state index contributed by atoms with van der Waals surface area (Å²) in [6, 6.07) is 0.0958. The van der Waals surface area contributed by atoms with Gasteiger partial charge in [0.2, 0.25) is 10.0 Å². The molecule has 2 heterocycles. The maximum absolute atomic E-state index is 12.3. The molecule has 1 aromatic heterocycles. The summed E-state index contributed by atoms with van der Waals surface area (Å²) < 4.78 is 27.5. The van der Waals surface area contributed by atoms with E-state index >= 15 is 0 Å². The molecule has 2 rings (SSSR count). The zero-order valence-electron chi connectivity index (χ0n) is 10.9. The van der Waals surface area contributed by atoms with Gasteiger partial charge < -0.3 is 5.32 Å². The summed E-state index contributed by atoms with van der Waals surface area (Å²) in [5.74, 6) is 0. The van der Waals surface area contributed by atoms with Crippen molar-refractivity contribution < 1.29 is 8.42 Å². The number of hydrogen-bond acceptors (Lipinski definition) is 4. The van der Waals surface area contributed by atoms with Crippen LogP contribution in [0.4, 0.5) is 0 Å². The number of aryl methyl sites for hydroxylation is 2. The van der Waals surface area contributed by atoms with Crippen LogP contribution in [0, 0.1) is 13.8 Å². The molecule has 2 atom stereocenters. The Morgan fingerprint density at radius 2 is 2.11 bits per heavy atom. The SMILES string of the molecule is Cc1n[nH]c(C)c1S(=O)(=O)N[C@H]1CCCN[C@@H]1C. The van der Waals surface area contributed by atoms with Crippen LogP contribution in [0.3, 0.4) is 0 Å². The highest BCUT2D eigenvalue weighted by Gasteiger charge is 2.29. The minimum atomic E-state index is -3.49. The molecule has 0 spiro atoms. The van der Waals surface area contributed by atoms with Gasteiger partial charge >= 0.3 is 0 Å². The first kappa shape index (κ1) is 13.5. The number of nitrogens with zero attached hydrogens (tertiary/aromatic N) is 1. The lowest BCUT2D eigenvalue weighted by Crippen LogP contribution is -2.51. The molecule has 1 aliphatic rings. The van der Waals surface area contributed by atoms with Gasteiger partial charge in [-0.15, -0.1) is 0 Å². The van der Waals surface area contributed by atoms with Gasteiger partial charge in [0, 0.05) is 12.1 Å². The zero-order chi connectivity index (χ0) is 13.3. The van der Waals surface area contributed by atoms with E-state index in [4.69, 9.17) is 0 Å². The summed E-state index contributed by atoms with van der Waals surface area (Å²) in [5, 5.41) is 9.92. The molecule has 6 nitrogen and oxygen atoms in total. The van der Waals surface area contributed by atoms with Gasteiger partial charge in [0.25, 0.3) is 0 Å². The summed E-state index contributed by atoms with van der Waals surface area (Å²) in [5.41, 5.74) is 1.09. The Morgan fingerprint density at radius 1 is 1.39 bits per heavy atom. The van der Waals surface area contributed by atoms with E-state index in [2.05, 4.69) is 20.2 Å². The Labute approximate surface area is 108 Å². The average molecular weight is 272 g/mol. The predicted molar refractivity (Wildman–Crippen MR) is 68.9 cm³/mol. The van der Waals surface area contributed by atoms with Crippen molar-refractivity contribution in [2.24, 2.45) is 0 Å². The first-order valence-electron chi connectivity index (χ1n) is 6.19. The fourth-order valence-corrected chi connectivity index (χ4v) is 4.12. The minimum Gasteiger partial charge on any atom is -0.313 e. The summed E-state index contributed by atoms with van der Waals surface area (Å²) in [6.07, 6.45) is 1.85. The van der Waals surface area contributed by atoms with E-state index in [0.29, 0.717) is 11.4 Å². The second-order valence-corrected chi connectivity index (χ2v) is 6.53. The Hall–Kier alpha value is -0.920. The second kappa shape index (κ2) is 4.99. The van der Waals surface area contributed by atoms with E-state index in [9.17, 15) is 8.42 Å². The number of hydrogen-bond donors (Lipinski definition) is 3. The molecule has 0 saturated carbocycles. The molecule has 1 aromatic rings. The molecule has 0 radical (unpaired) electrons. The van der Waals surface area contributed by atoms with Crippen LogP contribution < -0.4 is 10.0 Å². The lowest BCUT2D eigenvalue weighted by atomic mass is 10.0. The fraction of sp³-hybridized carbons (Fsp3) is 0.727. The van der Waals surface area contributed by atoms with Crippen LogP contribution in [0.2, 0.25) is 0 Å². The van der Waals surface area contributed by atoms with E-state index in [1.165, 1.54) is 0 Å². The van der Waals surface area contributed by atoms with Crippen LogP contribution in [-0.4, -0.2) is 37.2 Å². The summed E-state index contributed by atoms with van der Waals surface area (Å²) >= 11 is 0. The van der Waals surface area contributed by atoms with Crippen LogP contribution in [0.25, 0.3) is 0 Å². The van der Waals surface area contributed by atoms with Gasteiger partial charge in [-0.1, -0.05) is 0 Å². The maximum atomic E-state index is 12.3. The Kier molecular flexibility index (Phi) is 3.74. The highest BCUT2D eigenvalue weighted by molar-refractivity contribution is 7.89. The third-order valence-electron chi connectivity index (χ3n) is 3.40. The molecule has 1 saturated heterocycles. The molecule has 0 amide bonds. The number of aromatic amines is 1. The molecular weight excluding hydrogens is 252 g/mol. The first-order valence-corrected chi connectivity index (χ1v) is 7.67. The average Bonchev–Trinajstić information content (AvgIpc) is 2.62. The quantitative estimate of drug-likeness (QED) is 0.745. The summed E-state index contributed by atoms with van der Waals surface area (Å²) in [4.78, 5) is 0.278. The van der Waals surface area contributed by atoms with Crippen molar-refractivity contribution in [3.05, 3.63) is 11.4 Å². The normalized spacial score (nSPS) is 25.3. The molecule has 102 valence electrons. The second-order valence-electron chi connectivity index (χ2n) is 4.88. The third-order valence-corrected chi connectivity index (χ3v) is 5.15. The van der Waals surface area contributed by atoms with Crippen LogP contribution in [-0.2, 0) is 10.0 Å². The van der Waals surface area contributed by atoms with Gasteiger partial charge in [-0.2, -0.15) is 5.10 Å². The molecule has 1 fully saturated rings. The standard InChI is InChI=1S/C11H20N4O2S/c1-7-10(5-4-6-12-7)15-18(16,17)11-8(2)13-14-9(11)3/h7,10,12,15H,4-6H2,1-3H3,(H,13,14)/t7-,10+/m1/s1. The molecule has 0 aliphatic carbocycles. The lowest BCUT2D eigenvalue weighted by Gasteiger charge is -2.30. The van der Waals surface area contributed by atoms with Crippen LogP contribution in [0.5, 0.6) is 0 Å². The smallest absolute Gasteiger partial charge is 0.244 e. The Morgan fingerprint density at radius 3 is 2.67 bits per heavy atom. The van der Waals surface area contributed by atoms with E-state index < -0.39 is 10.0 Å². The van der Waals surface area contributed by atoms with E-state index in [1.807, 2.05) is 6.92 Å².